The fraction of sp³-hybridized carbons (Fsp3) is 0.182. The molecule has 2 heterocycles. The standard InChI is InChI=1S/C22H18ClFN4O3S/c1-11-6-7-13(24)8-16(11)25-20(30)14-9-17(29)26-19-18(14)21(31)28-22(27-19)32-10-12-4-2-3-5-15(12)23/h2-8,14H,9-10H2,1H3,(H,25,30)(H2,26,27,28,29,31)/t14-/m1/s1. The number of anilines is 2. The first-order chi connectivity index (χ1) is 15.3. The molecule has 0 saturated carbocycles. The first kappa shape index (κ1) is 22.0. The molecular weight excluding hydrogens is 455 g/mol. The third-order valence-corrected chi connectivity index (χ3v) is 6.32. The molecule has 7 nitrogen and oxygen atoms in total. The molecule has 2 amide bonds. The normalized spacial score (nSPS) is 15.1. The van der Waals surface area contributed by atoms with Crippen molar-refractivity contribution in [1.29, 1.82) is 0 Å². The van der Waals surface area contributed by atoms with Crippen LogP contribution in [-0.2, 0) is 15.3 Å². The van der Waals surface area contributed by atoms with Crippen molar-refractivity contribution in [2.24, 2.45) is 0 Å². The molecule has 0 radical (unpaired) electrons. The minimum atomic E-state index is -1.06. The molecule has 32 heavy (non-hydrogen) atoms. The van der Waals surface area contributed by atoms with Gasteiger partial charge in [0.25, 0.3) is 5.56 Å². The fourth-order valence-electron chi connectivity index (χ4n) is 3.35. The second-order valence-corrected chi connectivity index (χ2v) is 8.64. The van der Waals surface area contributed by atoms with E-state index in [1.54, 1.807) is 13.0 Å². The van der Waals surface area contributed by atoms with Gasteiger partial charge in [0.15, 0.2) is 5.16 Å². The smallest absolute Gasteiger partial charge is 0.257 e. The van der Waals surface area contributed by atoms with Crippen LogP contribution < -0.4 is 16.2 Å². The molecule has 0 unspecified atom stereocenters. The van der Waals surface area contributed by atoms with Gasteiger partial charge in [-0.15, -0.1) is 0 Å². The van der Waals surface area contributed by atoms with Crippen molar-refractivity contribution in [2.45, 2.75) is 30.2 Å². The first-order valence-electron chi connectivity index (χ1n) is 9.69. The summed E-state index contributed by atoms with van der Waals surface area (Å²) >= 11 is 7.41. The summed E-state index contributed by atoms with van der Waals surface area (Å²) in [7, 11) is 0. The van der Waals surface area contributed by atoms with Crippen molar-refractivity contribution in [3.05, 3.63) is 80.3 Å². The lowest BCUT2D eigenvalue weighted by molar-refractivity contribution is -0.123. The van der Waals surface area contributed by atoms with Crippen molar-refractivity contribution < 1.29 is 14.0 Å². The molecule has 4 rings (SSSR count). The van der Waals surface area contributed by atoms with Crippen molar-refractivity contribution in [2.75, 3.05) is 10.6 Å². The van der Waals surface area contributed by atoms with E-state index in [1.807, 2.05) is 18.2 Å². The summed E-state index contributed by atoms with van der Waals surface area (Å²) in [6, 6.07) is 11.3. The first-order valence-corrected chi connectivity index (χ1v) is 11.1. The van der Waals surface area contributed by atoms with Crippen LogP contribution in [0.5, 0.6) is 0 Å². The second-order valence-electron chi connectivity index (χ2n) is 7.27. The second kappa shape index (κ2) is 9.13. The molecule has 0 saturated heterocycles. The molecule has 1 aliphatic rings. The van der Waals surface area contributed by atoms with Gasteiger partial charge >= 0.3 is 0 Å². The topological polar surface area (TPSA) is 104 Å². The summed E-state index contributed by atoms with van der Waals surface area (Å²) in [6.07, 6.45) is -0.218. The molecule has 1 atom stereocenters. The van der Waals surface area contributed by atoms with Crippen LogP contribution in [0, 0.1) is 12.7 Å². The molecule has 2 aromatic carbocycles. The van der Waals surface area contributed by atoms with Crippen LogP contribution in [0.2, 0.25) is 5.02 Å². The Hall–Kier alpha value is -3.17. The van der Waals surface area contributed by atoms with Crippen LogP contribution in [0.4, 0.5) is 15.9 Å². The van der Waals surface area contributed by atoms with E-state index >= 15 is 0 Å². The summed E-state index contributed by atoms with van der Waals surface area (Å²) in [5.74, 6) is -2.08. The highest BCUT2D eigenvalue weighted by atomic mass is 35.5. The lowest BCUT2D eigenvalue weighted by Gasteiger charge is -2.23. The number of aromatic nitrogens is 2. The minimum Gasteiger partial charge on any atom is -0.325 e. The highest BCUT2D eigenvalue weighted by Gasteiger charge is 2.35. The number of halogens is 2. The number of carbonyl (C=O) groups excluding carboxylic acids is 2. The molecule has 1 aromatic heterocycles. The van der Waals surface area contributed by atoms with E-state index in [0.29, 0.717) is 16.3 Å². The van der Waals surface area contributed by atoms with Crippen LogP contribution >= 0.6 is 23.4 Å². The molecule has 1 aliphatic heterocycles. The zero-order chi connectivity index (χ0) is 22.8. The van der Waals surface area contributed by atoms with Crippen molar-refractivity contribution in [3.63, 3.8) is 0 Å². The Morgan fingerprint density at radius 1 is 1.28 bits per heavy atom. The SMILES string of the molecule is Cc1ccc(F)cc1NC(=O)[C@@H]1CC(=O)Nc2nc(SCc3ccccc3Cl)[nH]c(=O)c21. The monoisotopic (exact) mass is 472 g/mol. The van der Waals surface area contributed by atoms with Crippen LogP contribution in [0.25, 0.3) is 0 Å². The zero-order valence-electron chi connectivity index (χ0n) is 16.9. The highest BCUT2D eigenvalue weighted by molar-refractivity contribution is 7.98. The van der Waals surface area contributed by atoms with Crippen molar-refractivity contribution in [3.8, 4) is 0 Å². The number of hydrogen-bond donors (Lipinski definition) is 3. The van der Waals surface area contributed by atoms with Gasteiger partial charge in [0.1, 0.15) is 11.6 Å². The molecule has 0 aliphatic carbocycles. The van der Waals surface area contributed by atoms with Crippen LogP contribution in [-0.4, -0.2) is 21.8 Å². The Morgan fingerprint density at radius 3 is 2.84 bits per heavy atom. The number of thioether (sulfide) groups is 1. The summed E-state index contributed by atoms with van der Waals surface area (Å²) in [6.45, 7) is 1.72. The molecule has 10 heteroatoms. The van der Waals surface area contributed by atoms with Gasteiger partial charge in [-0.05, 0) is 36.2 Å². The Bertz CT molecular complexity index is 1280. The number of aryl methyl sites for hydroxylation is 1. The average molecular weight is 473 g/mol. The number of rotatable bonds is 5. The summed E-state index contributed by atoms with van der Waals surface area (Å²) in [5, 5.41) is 6.07. The maximum atomic E-state index is 13.6. The summed E-state index contributed by atoms with van der Waals surface area (Å²) in [5.41, 5.74) is 1.34. The Morgan fingerprint density at radius 2 is 2.06 bits per heavy atom. The van der Waals surface area contributed by atoms with E-state index in [0.717, 1.165) is 5.56 Å². The minimum absolute atomic E-state index is 0.0442. The quantitative estimate of drug-likeness (QED) is 0.381. The van der Waals surface area contributed by atoms with Gasteiger partial charge in [-0.2, -0.15) is 0 Å². The van der Waals surface area contributed by atoms with Gasteiger partial charge in [0, 0.05) is 22.9 Å². The van der Waals surface area contributed by atoms with Crippen molar-refractivity contribution >= 4 is 46.7 Å². The average Bonchev–Trinajstić information content (AvgIpc) is 2.75. The lowest BCUT2D eigenvalue weighted by atomic mass is 9.92. The van der Waals surface area contributed by atoms with E-state index in [1.165, 1.54) is 30.0 Å². The van der Waals surface area contributed by atoms with E-state index in [9.17, 15) is 18.8 Å². The maximum absolute atomic E-state index is 13.6. The van der Waals surface area contributed by atoms with Gasteiger partial charge in [0.05, 0.1) is 11.5 Å². The molecule has 0 bridgehead atoms. The van der Waals surface area contributed by atoms with Crippen molar-refractivity contribution in [1.82, 2.24) is 9.97 Å². The number of aromatic amines is 1. The Labute approximate surface area is 191 Å². The third-order valence-electron chi connectivity index (χ3n) is 5.03. The molecule has 0 fully saturated rings. The number of nitrogens with zero attached hydrogens (tertiary/aromatic N) is 1. The van der Waals surface area contributed by atoms with E-state index in [2.05, 4.69) is 20.6 Å². The van der Waals surface area contributed by atoms with Gasteiger partial charge in [0.2, 0.25) is 11.8 Å². The molecule has 3 aromatic rings. The van der Waals surface area contributed by atoms with Gasteiger partial charge in [-0.25, -0.2) is 9.37 Å². The van der Waals surface area contributed by atoms with Gasteiger partial charge in [-0.3, -0.25) is 14.4 Å². The number of hydrogen-bond acceptors (Lipinski definition) is 5. The Balaban J connectivity index is 1.60. The number of amides is 2. The summed E-state index contributed by atoms with van der Waals surface area (Å²) in [4.78, 5) is 45.0. The largest absolute Gasteiger partial charge is 0.325 e. The fourth-order valence-corrected chi connectivity index (χ4v) is 4.50. The highest BCUT2D eigenvalue weighted by Crippen LogP contribution is 2.32. The number of fused-ring (bicyclic) bond motifs is 1. The lowest BCUT2D eigenvalue weighted by Crippen LogP contribution is -2.36. The number of H-pyrrole nitrogens is 1. The number of nitrogens with one attached hydrogen (secondary N) is 3. The predicted molar refractivity (Wildman–Crippen MR) is 122 cm³/mol. The number of carbonyl (C=O) groups is 2. The molecule has 164 valence electrons. The van der Waals surface area contributed by atoms with Crippen LogP contribution in [0.1, 0.15) is 29.0 Å². The predicted octanol–water partition coefficient (Wildman–Crippen LogP) is 4.23. The Kier molecular flexibility index (Phi) is 6.29. The third kappa shape index (κ3) is 4.68. The molecule has 3 N–H and O–H groups in total. The van der Waals surface area contributed by atoms with E-state index in [4.69, 9.17) is 11.6 Å². The van der Waals surface area contributed by atoms with Crippen LogP contribution in [0.15, 0.2) is 52.4 Å². The van der Waals surface area contributed by atoms with Crippen LogP contribution in [0.3, 0.4) is 0 Å². The van der Waals surface area contributed by atoms with Gasteiger partial charge < -0.3 is 15.6 Å². The number of benzene rings is 2. The summed E-state index contributed by atoms with van der Waals surface area (Å²) < 4.78 is 13.6. The molecule has 0 spiro atoms. The maximum Gasteiger partial charge on any atom is 0.257 e. The van der Waals surface area contributed by atoms with Gasteiger partial charge in [-0.1, -0.05) is 47.6 Å². The van der Waals surface area contributed by atoms with E-state index in [-0.39, 0.29) is 28.6 Å². The van der Waals surface area contributed by atoms with E-state index < -0.39 is 29.1 Å². The zero-order valence-corrected chi connectivity index (χ0v) is 18.4. The molecular formula is C22H18ClFN4O3S.